The van der Waals surface area contributed by atoms with Gasteiger partial charge < -0.3 is 11.1 Å². The smallest absolute Gasteiger partial charge is 0.251 e. The zero-order chi connectivity index (χ0) is 16.3. The average Bonchev–Trinajstić information content (AvgIpc) is 2.79. The van der Waals surface area contributed by atoms with E-state index in [0.717, 1.165) is 5.56 Å². The van der Waals surface area contributed by atoms with Gasteiger partial charge in [-0.15, -0.1) is 0 Å². The third-order valence-corrected chi connectivity index (χ3v) is 3.67. The first-order valence-electron chi connectivity index (χ1n) is 7.27. The van der Waals surface area contributed by atoms with Gasteiger partial charge in [0.05, 0.1) is 6.54 Å². The zero-order valence-corrected chi connectivity index (χ0v) is 12.9. The Balaban J connectivity index is 2.03. The molecule has 3 amide bonds. The number of benzene rings is 1. The number of rotatable bonds is 5. The van der Waals surface area contributed by atoms with Crippen LogP contribution in [0.4, 0.5) is 0 Å². The highest BCUT2D eigenvalue weighted by atomic mass is 16.2. The first-order chi connectivity index (χ1) is 10.3. The molecule has 118 valence electrons. The van der Waals surface area contributed by atoms with Gasteiger partial charge in [-0.05, 0) is 31.5 Å². The lowest BCUT2D eigenvalue weighted by molar-refractivity contribution is -0.139. The van der Waals surface area contributed by atoms with E-state index in [-0.39, 0.29) is 37.1 Å². The predicted molar refractivity (Wildman–Crippen MR) is 81.8 cm³/mol. The van der Waals surface area contributed by atoms with Crippen LogP contribution in [0.25, 0.3) is 0 Å². The first kappa shape index (κ1) is 16.2. The molecule has 2 rings (SSSR count). The van der Waals surface area contributed by atoms with Gasteiger partial charge in [0.1, 0.15) is 0 Å². The molecular weight excluding hydrogens is 282 g/mol. The summed E-state index contributed by atoms with van der Waals surface area (Å²) in [6, 6.07) is 6.87. The molecule has 1 aromatic rings. The number of amides is 3. The molecule has 6 heteroatoms. The molecule has 0 unspecified atom stereocenters. The van der Waals surface area contributed by atoms with Gasteiger partial charge in [-0.1, -0.05) is 12.1 Å². The van der Waals surface area contributed by atoms with E-state index < -0.39 is 5.54 Å². The molecule has 1 heterocycles. The van der Waals surface area contributed by atoms with Crippen molar-refractivity contribution >= 4 is 17.7 Å². The molecule has 0 atom stereocenters. The Bertz CT molecular complexity index is 577. The van der Waals surface area contributed by atoms with Crippen LogP contribution in [0.2, 0.25) is 0 Å². The van der Waals surface area contributed by atoms with Gasteiger partial charge in [0, 0.05) is 30.5 Å². The van der Waals surface area contributed by atoms with E-state index in [2.05, 4.69) is 5.32 Å². The van der Waals surface area contributed by atoms with Crippen molar-refractivity contribution in [1.29, 1.82) is 0 Å². The van der Waals surface area contributed by atoms with E-state index in [1.165, 1.54) is 4.90 Å². The molecule has 0 spiro atoms. The Hall–Kier alpha value is -2.21. The van der Waals surface area contributed by atoms with Crippen molar-refractivity contribution in [3.05, 3.63) is 35.4 Å². The van der Waals surface area contributed by atoms with E-state index in [9.17, 15) is 14.4 Å². The maximum absolute atomic E-state index is 12.1. The minimum absolute atomic E-state index is 0.142. The highest BCUT2D eigenvalue weighted by Crippen LogP contribution is 2.16. The molecule has 1 aliphatic heterocycles. The molecule has 1 aromatic carbocycles. The molecule has 1 aliphatic rings. The number of carbonyl (C=O) groups excluding carboxylic acids is 3. The standard InChI is InChI=1S/C16H21N3O3/c1-16(2,10-17)18-15(22)12-5-3-11(4-6-12)9-19-13(20)7-8-14(19)21/h3-6H,7-10,17H2,1-2H3,(H,18,22). The number of hydrogen-bond acceptors (Lipinski definition) is 4. The molecule has 0 aromatic heterocycles. The third-order valence-electron chi connectivity index (χ3n) is 3.67. The summed E-state index contributed by atoms with van der Waals surface area (Å²) < 4.78 is 0. The molecule has 1 saturated heterocycles. The maximum atomic E-state index is 12.1. The molecule has 0 bridgehead atoms. The second-order valence-corrected chi connectivity index (χ2v) is 6.11. The molecule has 0 aliphatic carbocycles. The van der Waals surface area contributed by atoms with Crippen LogP contribution >= 0.6 is 0 Å². The second kappa shape index (κ2) is 6.27. The van der Waals surface area contributed by atoms with Crippen molar-refractivity contribution in [1.82, 2.24) is 10.2 Å². The fourth-order valence-corrected chi connectivity index (χ4v) is 2.17. The summed E-state index contributed by atoms with van der Waals surface area (Å²) in [6.45, 7) is 4.30. The minimum atomic E-state index is -0.468. The molecule has 6 nitrogen and oxygen atoms in total. The maximum Gasteiger partial charge on any atom is 0.251 e. The van der Waals surface area contributed by atoms with E-state index in [4.69, 9.17) is 5.73 Å². The van der Waals surface area contributed by atoms with E-state index in [1.54, 1.807) is 24.3 Å². The lowest BCUT2D eigenvalue weighted by atomic mass is 10.0. The van der Waals surface area contributed by atoms with Crippen molar-refractivity contribution in [3.63, 3.8) is 0 Å². The van der Waals surface area contributed by atoms with Gasteiger partial charge in [0.15, 0.2) is 0 Å². The lowest BCUT2D eigenvalue weighted by Crippen LogP contribution is -2.48. The van der Waals surface area contributed by atoms with Crippen LogP contribution in [0.15, 0.2) is 24.3 Å². The minimum Gasteiger partial charge on any atom is -0.346 e. The monoisotopic (exact) mass is 303 g/mol. The van der Waals surface area contributed by atoms with Crippen molar-refractivity contribution in [2.75, 3.05) is 6.54 Å². The van der Waals surface area contributed by atoms with Crippen LogP contribution in [0, 0.1) is 0 Å². The zero-order valence-electron chi connectivity index (χ0n) is 12.9. The van der Waals surface area contributed by atoms with E-state index >= 15 is 0 Å². The summed E-state index contributed by atoms with van der Waals surface area (Å²) in [4.78, 5) is 36.5. The summed E-state index contributed by atoms with van der Waals surface area (Å²) in [5, 5.41) is 2.85. The van der Waals surface area contributed by atoms with Gasteiger partial charge in [-0.3, -0.25) is 19.3 Å². The summed E-state index contributed by atoms with van der Waals surface area (Å²) in [5.41, 5.74) is 6.46. The normalized spacial score (nSPS) is 15.3. The summed E-state index contributed by atoms with van der Waals surface area (Å²) in [6.07, 6.45) is 0.570. The van der Waals surface area contributed by atoms with Gasteiger partial charge in [0.2, 0.25) is 11.8 Å². The first-order valence-corrected chi connectivity index (χ1v) is 7.27. The number of carbonyl (C=O) groups is 3. The van der Waals surface area contributed by atoms with E-state index in [0.29, 0.717) is 12.1 Å². The van der Waals surface area contributed by atoms with Crippen LogP contribution < -0.4 is 11.1 Å². The average molecular weight is 303 g/mol. The quantitative estimate of drug-likeness (QED) is 0.787. The molecule has 0 radical (unpaired) electrons. The van der Waals surface area contributed by atoms with Crippen LogP contribution in [-0.4, -0.2) is 34.7 Å². The van der Waals surface area contributed by atoms with Crippen molar-refractivity contribution in [2.24, 2.45) is 5.73 Å². The van der Waals surface area contributed by atoms with Crippen LogP contribution in [0.1, 0.15) is 42.6 Å². The number of nitrogens with one attached hydrogen (secondary N) is 1. The highest BCUT2D eigenvalue weighted by Gasteiger charge is 2.28. The molecular formula is C16H21N3O3. The predicted octanol–water partition coefficient (Wildman–Crippen LogP) is 0.803. The number of nitrogens with two attached hydrogens (primary N) is 1. The number of imide groups is 1. The van der Waals surface area contributed by atoms with Gasteiger partial charge >= 0.3 is 0 Å². The highest BCUT2D eigenvalue weighted by molar-refractivity contribution is 6.01. The molecule has 0 saturated carbocycles. The Labute approximate surface area is 129 Å². The van der Waals surface area contributed by atoms with Gasteiger partial charge in [-0.2, -0.15) is 0 Å². The van der Waals surface area contributed by atoms with Crippen molar-refractivity contribution < 1.29 is 14.4 Å². The molecule has 3 N–H and O–H groups in total. The van der Waals surface area contributed by atoms with Gasteiger partial charge in [0.25, 0.3) is 5.91 Å². The van der Waals surface area contributed by atoms with E-state index in [1.807, 2.05) is 13.8 Å². The number of likely N-dealkylation sites (tertiary alicyclic amines) is 1. The lowest BCUT2D eigenvalue weighted by Gasteiger charge is -2.24. The number of hydrogen-bond donors (Lipinski definition) is 2. The van der Waals surface area contributed by atoms with Gasteiger partial charge in [-0.25, -0.2) is 0 Å². The number of nitrogens with zero attached hydrogens (tertiary/aromatic N) is 1. The van der Waals surface area contributed by atoms with Crippen molar-refractivity contribution in [3.8, 4) is 0 Å². The SMILES string of the molecule is CC(C)(CN)NC(=O)c1ccc(CN2C(=O)CCC2=O)cc1. The van der Waals surface area contributed by atoms with Crippen molar-refractivity contribution in [2.45, 2.75) is 38.8 Å². The van der Waals surface area contributed by atoms with Crippen LogP contribution in [0.3, 0.4) is 0 Å². The molecule has 1 fully saturated rings. The Morgan fingerprint density at radius 3 is 2.23 bits per heavy atom. The largest absolute Gasteiger partial charge is 0.346 e. The van der Waals surface area contributed by atoms with Crippen LogP contribution in [-0.2, 0) is 16.1 Å². The Kier molecular flexibility index (Phi) is 4.61. The second-order valence-electron chi connectivity index (χ2n) is 6.11. The fourth-order valence-electron chi connectivity index (χ4n) is 2.17. The Morgan fingerprint density at radius 2 is 1.73 bits per heavy atom. The fraction of sp³-hybridized carbons (Fsp3) is 0.438. The summed E-state index contributed by atoms with van der Waals surface area (Å²) in [5.74, 6) is -0.483. The van der Waals surface area contributed by atoms with Crippen LogP contribution in [0.5, 0.6) is 0 Å². The summed E-state index contributed by atoms with van der Waals surface area (Å²) in [7, 11) is 0. The summed E-state index contributed by atoms with van der Waals surface area (Å²) >= 11 is 0. The topological polar surface area (TPSA) is 92.5 Å². The third kappa shape index (κ3) is 3.71. The Morgan fingerprint density at radius 1 is 1.18 bits per heavy atom. The molecule has 22 heavy (non-hydrogen) atoms.